The van der Waals surface area contributed by atoms with Gasteiger partial charge in [0, 0.05) is 6.61 Å². The van der Waals surface area contributed by atoms with Gasteiger partial charge in [-0.25, -0.2) is 9.18 Å². The second-order valence-corrected chi connectivity index (χ2v) is 6.18. The molecule has 0 spiro atoms. The van der Waals surface area contributed by atoms with Crippen molar-refractivity contribution in [1.29, 1.82) is 0 Å². The number of ether oxygens (including phenoxy) is 1. The Morgan fingerprint density at radius 1 is 1.35 bits per heavy atom. The van der Waals surface area contributed by atoms with Crippen LogP contribution in [-0.2, 0) is 9.53 Å². The van der Waals surface area contributed by atoms with E-state index in [-0.39, 0.29) is 18.7 Å². The smallest absolute Gasteiger partial charge is 0.408 e. The highest BCUT2D eigenvalue weighted by Gasteiger charge is 2.24. The minimum Gasteiger partial charge on any atom is -0.444 e. The van der Waals surface area contributed by atoms with Crippen LogP contribution in [0, 0.1) is 12.7 Å². The molecular weight excluding hydrogens is 303 g/mol. The van der Waals surface area contributed by atoms with Crippen molar-refractivity contribution in [1.82, 2.24) is 5.32 Å². The molecule has 0 bridgehead atoms. The number of rotatable bonds is 5. The highest BCUT2D eigenvalue weighted by atomic mass is 19.1. The molecular formula is C16H23FN2O4. The topological polar surface area (TPSA) is 87.7 Å². The number of hydrogen-bond acceptors (Lipinski definition) is 4. The maximum Gasteiger partial charge on any atom is 0.408 e. The second-order valence-electron chi connectivity index (χ2n) is 6.18. The number of carbonyl (C=O) groups excluding carboxylic acids is 2. The number of anilines is 1. The van der Waals surface area contributed by atoms with Gasteiger partial charge in [0.05, 0.1) is 5.69 Å². The quantitative estimate of drug-likeness (QED) is 0.775. The summed E-state index contributed by atoms with van der Waals surface area (Å²) in [7, 11) is 0. The molecule has 0 heterocycles. The predicted octanol–water partition coefficient (Wildman–Crippen LogP) is 2.35. The van der Waals surface area contributed by atoms with Crippen molar-refractivity contribution in [3.05, 3.63) is 29.6 Å². The van der Waals surface area contributed by atoms with Gasteiger partial charge < -0.3 is 20.5 Å². The van der Waals surface area contributed by atoms with E-state index in [1.165, 1.54) is 12.1 Å². The molecule has 0 unspecified atom stereocenters. The van der Waals surface area contributed by atoms with E-state index in [9.17, 15) is 14.0 Å². The number of aryl methyl sites for hydroxylation is 1. The standard InChI is InChI=1S/C16H23FN2O4/c1-10-5-6-12(11(17)9-10)18-14(21)13(7-8-20)19-15(22)23-16(2,3)4/h5-6,9,13,20H,7-8H2,1-4H3,(H,18,21)(H,19,22)/t13-/m0/s1. The first-order valence-electron chi connectivity index (χ1n) is 7.30. The van der Waals surface area contributed by atoms with Crippen LogP contribution in [0.3, 0.4) is 0 Å². The van der Waals surface area contributed by atoms with E-state index in [1.807, 2.05) is 0 Å². The number of amides is 2. The van der Waals surface area contributed by atoms with Gasteiger partial charge in [-0.05, 0) is 51.8 Å². The van der Waals surface area contributed by atoms with Gasteiger partial charge in [-0.3, -0.25) is 4.79 Å². The van der Waals surface area contributed by atoms with E-state index in [0.29, 0.717) is 0 Å². The minimum absolute atomic E-state index is 0.00882. The summed E-state index contributed by atoms with van der Waals surface area (Å²) in [6.45, 7) is 6.48. The third-order valence-electron chi connectivity index (χ3n) is 2.81. The van der Waals surface area contributed by atoms with Crippen LogP contribution in [-0.4, -0.2) is 35.4 Å². The van der Waals surface area contributed by atoms with Crippen molar-refractivity contribution >= 4 is 17.7 Å². The number of nitrogens with one attached hydrogen (secondary N) is 2. The fourth-order valence-corrected chi connectivity index (χ4v) is 1.79. The van der Waals surface area contributed by atoms with Crippen molar-refractivity contribution in [2.45, 2.75) is 45.8 Å². The molecule has 0 aromatic heterocycles. The molecule has 0 aliphatic rings. The Morgan fingerprint density at radius 3 is 2.52 bits per heavy atom. The maximum absolute atomic E-state index is 13.8. The molecule has 0 saturated heterocycles. The molecule has 7 heteroatoms. The molecule has 23 heavy (non-hydrogen) atoms. The number of benzene rings is 1. The number of halogens is 1. The summed E-state index contributed by atoms with van der Waals surface area (Å²) >= 11 is 0. The van der Waals surface area contributed by atoms with Gasteiger partial charge in [-0.15, -0.1) is 0 Å². The first-order chi connectivity index (χ1) is 10.6. The maximum atomic E-state index is 13.8. The Morgan fingerprint density at radius 2 is 2.00 bits per heavy atom. The van der Waals surface area contributed by atoms with E-state index >= 15 is 0 Å². The van der Waals surface area contributed by atoms with E-state index in [2.05, 4.69) is 10.6 Å². The molecule has 0 aliphatic heterocycles. The lowest BCUT2D eigenvalue weighted by molar-refractivity contribution is -0.118. The van der Waals surface area contributed by atoms with Gasteiger partial charge in [0.2, 0.25) is 5.91 Å². The van der Waals surface area contributed by atoms with Crippen LogP contribution in [0.5, 0.6) is 0 Å². The van der Waals surface area contributed by atoms with Crippen molar-refractivity contribution in [3.8, 4) is 0 Å². The van der Waals surface area contributed by atoms with Crippen molar-refractivity contribution < 1.29 is 23.8 Å². The molecule has 1 aromatic rings. The van der Waals surface area contributed by atoms with Crippen LogP contribution < -0.4 is 10.6 Å². The Labute approximate surface area is 135 Å². The van der Waals surface area contributed by atoms with E-state index < -0.39 is 29.5 Å². The van der Waals surface area contributed by atoms with Gasteiger partial charge in [0.25, 0.3) is 0 Å². The van der Waals surface area contributed by atoms with Gasteiger partial charge in [0.1, 0.15) is 17.5 Å². The fourth-order valence-electron chi connectivity index (χ4n) is 1.79. The van der Waals surface area contributed by atoms with Gasteiger partial charge in [0.15, 0.2) is 0 Å². The molecule has 128 valence electrons. The average Bonchev–Trinajstić information content (AvgIpc) is 2.39. The highest BCUT2D eigenvalue weighted by molar-refractivity contribution is 5.96. The Bertz CT molecular complexity index is 570. The largest absolute Gasteiger partial charge is 0.444 e. The molecule has 1 aromatic carbocycles. The predicted molar refractivity (Wildman–Crippen MR) is 84.6 cm³/mol. The zero-order valence-electron chi connectivity index (χ0n) is 13.8. The second kappa shape index (κ2) is 7.92. The van der Waals surface area contributed by atoms with Gasteiger partial charge >= 0.3 is 6.09 Å². The average molecular weight is 326 g/mol. The van der Waals surface area contributed by atoms with Crippen LogP contribution in [0.1, 0.15) is 32.8 Å². The van der Waals surface area contributed by atoms with Gasteiger partial charge in [-0.2, -0.15) is 0 Å². The normalized spacial score (nSPS) is 12.4. The number of alkyl carbamates (subject to hydrolysis) is 1. The van der Waals surface area contributed by atoms with E-state index in [4.69, 9.17) is 9.84 Å². The van der Waals surface area contributed by atoms with Gasteiger partial charge in [-0.1, -0.05) is 6.07 Å². The molecule has 2 amide bonds. The number of hydrogen-bond donors (Lipinski definition) is 3. The number of aliphatic hydroxyl groups is 1. The first-order valence-corrected chi connectivity index (χ1v) is 7.30. The Balaban J connectivity index is 2.76. The molecule has 1 atom stereocenters. The van der Waals surface area contributed by atoms with Crippen LogP contribution >= 0.6 is 0 Å². The molecule has 0 aliphatic carbocycles. The lowest BCUT2D eigenvalue weighted by atomic mass is 10.1. The molecule has 0 radical (unpaired) electrons. The fraction of sp³-hybridized carbons (Fsp3) is 0.500. The first kappa shape index (κ1) is 18.9. The molecule has 6 nitrogen and oxygen atoms in total. The summed E-state index contributed by atoms with van der Waals surface area (Å²) in [6, 6.07) is 3.35. The molecule has 3 N–H and O–H groups in total. The molecule has 1 rings (SSSR count). The minimum atomic E-state index is -1.03. The summed E-state index contributed by atoms with van der Waals surface area (Å²) in [5, 5.41) is 13.8. The van der Waals surface area contributed by atoms with Crippen molar-refractivity contribution in [2.75, 3.05) is 11.9 Å². The molecule has 0 fully saturated rings. The van der Waals surface area contributed by atoms with Crippen molar-refractivity contribution in [3.63, 3.8) is 0 Å². The summed E-state index contributed by atoms with van der Waals surface area (Å²) in [4.78, 5) is 23.9. The summed E-state index contributed by atoms with van der Waals surface area (Å²) in [6.07, 6.45) is -0.797. The highest BCUT2D eigenvalue weighted by Crippen LogP contribution is 2.16. The zero-order chi connectivity index (χ0) is 17.6. The van der Waals surface area contributed by atoms with E-state index in [1.54, 1.807) is 33.8 Å². The lowest BCUT2D eigenvalue weighted by Gasteiger charge is -2.23. The number of aliphatic hydroxyl groups excluding tert-OH is 1. The van der Waals surface area contributed by atoms with Crippen LogP contribution in [0.4, 0.5) is 14.9 Å². The summed E-state index contributed by atoms with van der Waals surface area (Å²) in [5.74, 6) is -1.20. The van der Waals surface area contributed by atoms with Crippen LogP contribution in [0.2, 0.25) is 0 Å². The van der Waals surface area contributed by atoms with Crippen LogP contribution in [0.25, 0.3) is 0 Å². The Kier molecular flexibility index (Phi) is 6.50. The SMILES string of the molecule is Cc1ccc(NC(=O)[C@H](CCO)NC(=O)OC(C)(C)C)c(F)c1. The summed E-state index contributed by atoms with van der Waals surface area (Å²) < 4.78 is 18.8. The number of carbonyl (C=O) groups is 2. The lowest BCUT2D eigenvalue weighted by Crippen LogP contribution is -2.46. The van der Waals surface area contributed by atoms with Crippen LogP contribution in [0.15, 0.2) is 18.2 Å². The van der Waals surface area contributed by atoms with Crippen molar-refractivity contribution in [2.24, 2.45) is 0 Å². The molecule has 0 saturated carbocycles. The van der Waals surface area contributed by atoms with E-state index in [0.717, 1.165) is 5.56 Å². The summed E-state index contributed by atoms with van der Waals surface area (Å²) in [5.41, 5.74) is 0.0155. The Hall–Kier alpha value is -2.15. The third kappa shape index (κ3) is 6.65. The third-order valence-corrected chi connectivity index (χ3v) is 2.81. The monoisotopic (exact) mass is 326 g/mol. The zero-order valence-corrected chi connectivity index (χ0v) is 13.8.